The fraction of sp³-hybridized carbons (Fsp3) is 0.571. The van der Waals surface area contributed by atoms with Crippen molar-refractivity contribution in [2.75, 3.05) is 0 Å². The van der Waals surface area contributed by atoms with Crippen molar-refractivity contribution in [3.05, 3.63) is 35.4 Å². The summed E-state index contributed by atoms with van der Waals surface area (Å²) in [6.07, 6.45) is 0. The molecule has 0 spiro atoms. The van der Waals surface area contributed by atoms with Gasteiger partial charge in [0.15, 0.2) is 0 Å². The molecular formula is C14H20. The minimum Gasteiger partial charge on any atom is -0.0560 e. The summed E-state index contributed by atoms with van der Waals surface area (Å²) in [6.45, 7) is 13.3. The lowest BCUT2D eigenvalue weighted by atomic mass is 9.75. The Balaban J connectivity index is 3.31. The monoisotopic (exact) mass is 188 g/mol. The normalized spacial score (nSPS) is 13.0. The summed E-state index contributed by atoms with van der Waals surface area (Å²) in [4.78, 5) is 0. The van der Waals surface area contributed by atoms with Crippen LogP contribution in [0.4, 0.5) is 0 Å². The molecule has 1 aromatic carbocycles. The summed E-state index contributed by atoms with van der Waals surface area (Å²) in [5, 5.41) is 0. The zero-order valence-electron chi connectivity index (χ0n) is 10.2. The first-order valence-corrected chi connectivity index (χ1v) is 5.16. The van der Waals surface area contributed by atoms with Gasteiger partial charge in [-0.05, 0) is 34.1 Å². The summed E-state index contributed by atoms with van der Waals surface area (Å²) >= 11 is 0. The van der Waals surface area contributed by atoms with Crippen molar-refractivity contribution in [1.82, 2.24) is 0 Å². The van der Waals surface area contributed by atoms with E-state index >= 15 is 0 Å². The summed E-state index contributed by atoms with van der Waals surface area (Å²) in [5.74, 6) is 0. The molecule has 0 heterocycles. The maximum absolute atomic E-state index is 3.35. The number of hydrogen-bond donors (Lipinski definition) is 0. The van der Waals surface area contributed by atoms with Crippen molar-refractivity contribution < 1.29 is 0 Å². The fourth-order valence-electron chi connectivity index (χ4n) is 1.58. The van der Waals surface area contributed by atoms with Crippen LogP contribution in [0, 0.1) is 12.1 Å². The molecule has 0 N–H and O–H groups in total. The standard InChI is InChI=1S/C14H20/c1-13(2,3)11-9-7-8-10-12(11)14(4,5)6/h7-8H,1-6H3. The van der Waals surface area contributed by atoms with Gasteiger partial charge >= 0.3 is 0 Å². The molecule has 0 saturated heterocycles. The van der Waals surface area contributed by atoms with E-state index in [1.54, 1.807) is 0 Å². The second kappa shape index (κ2) is 3.42. The lowest BCUT2D eigenvalue weighted by Gasteiger charge is -2.29. The zero-order valence-corrected chi connectivity index (χ0v) is 10.2. The predicted molar refractivity (Wildman–Crippen MR) is 61.5 cm³/mol. The Morgan fingerprint density at radius 2 is 1.00 bits per heavy atom. The van der Waals surface area contributed by atoms with Gasteiger partial charge in [-0.3, -0.25) is 0 Å². The molecule has 1 rings (SSSR count). The Morgan fingerprint density at radius 1 is 0.714 bits per heavy atom. The second-order valence-electron chi connectivity index (χ2n) is 5.87. The van der Waals surface area contributed by atoms with Gasteiger partial charge < -0.3 is 0 Å². The van der Waals surface area contributed by atoms with Gasteiger partial charge in [0.05, 0.1) is 0 Å². The molecule has 0 nitrogen and oxygen atoms in total. The van der Waals surface area contributed by atoms with E-state index in [-0.39, 0.29) is 10.8 Å². The third-order valence-corrected chi connectivity index (χ3v) is 2.29. The number of rotatable bonds is 0. The van der Waals surface area contributed by atoms with Crippen molar-refractivity contribution in [1.29, 1.82) is 0 Å². The molecule has 0 amide bonds. The molecule has 76 valence electrons. The van der Waals surface area contributed by atoms with Gasteiger partial charge in [0.25, 0.3) is 0 Å². The van der Waals surface area contributed by atoms with Crippen LogP contribution in [0.25, 0.3) is 0 Å². The first-order valence-electron chi connectivity index (χ1n) is 5.16. The molecule has 14 heavy (non-hydrogen) atoms. The van der Waals surface area contributed by atoms with Crippen LogP contribution in [0.5, 0.6) is 0 Å². The third kappa shape index (κ3) is 2.37. The summed E-state index contributed by atoms with van der Waals surface area (Å²) < 4.78 is 0. The highest BCUT2D eigenvalue weighted by Gasteiger charge is 2.24. The summed E-state index contributed by atoms with van der Waals surface area (Å²) in [7, 11) is 0. The Morgan fingerprint density at radius 3 is 1.21 bits per heavy atom. The van der Waals surface area contributed by atoms with E-state index in [9.17, 15) is 0 Å². The zero-order chi connectivity index (χ0) is 11.0. The van der Waals surface area contributed by atoms with E-state index in [1.807, 2.05) is 12.1 Å². The lowest BCUT2D eigenvalue weighted by Crippen LogP contribution is -2.21. The fourth-order valence-corrected chi connectivity index (χ4v) is 1.58. The smallest absolute Gasteiger partial charge is 0.0123 e. The summed E-state index contributed by atoms with van der Waals surface area (Å²) in [5.41, 5.74) is 2.88. The van der Waals surface area contributed by atoms with Crippen LogP contribution < -0.4 is 0 Å². The van der Waals surface area contributed by atoms with Crippen LogP contribution in [0.2, 0.25) is 0 Å². The van der Waals surface area contributed by atoms with Gasteiger partial charge in [-0.2, -0.15) is 0 Å². The van der Waals surface area contributed by atoms with Crippen molar-refractivity contribution in [3.63, 3.8) is 0 Å². The molecule has 2 radical (unpaired) electrons. The minimum absolute atomic E-state index is 0.153. The molecule has 0 fully saturated rings. The highest BCUT2D eigenvalue weighted by Crippen LogP contribution is 2.32. The largest absolute Gasteiger partial charge is 0.0560 e. The molecular weight excluding hydrogens is 168 g/mol. The van der Waals surface area contributed by atoms with Gasteiger partial charge in [0.1, 0.15) is 0 Å². The van der Waals surface area contributed by atoms with Crippen molar-refractivity contribution >= 4 is 0 Å². The average Bonchev–Trinajstić information content (AvgIpc) is 2.01. The molecule has 0 aromatic heterocycles. The van der Waals surface area contributed by atoms with Gasteiger partial charge in [-0.15, -0.1) is 0 Å². The average molecular weight is 188 g/mol. The van der Waals surface area contributed by atoms with E-state index in [1.165, 1.54) is 11.1 Å². The molecule has 0 bridgehead atoms. The van der Waals surface area contributed by atoms with Crippen molar-refractivity contribution in [3.8, 4) is 0 Å². The summed E-state index contributed by atoms with van der Waals surface area (Å²) in [6, 6.07) is 10.6. The van der Waals surface area contributed by atoms with E-state index in [0.29, 0.717) is 0 Å². The second-order valence-corrected chi connectivity index (χ2v) is 5.87. The molecule has 0 aliphatic carbocycles. The van der Waals surface area contributed by atoms with Crippen molar-refractivity contribution in [2.45, 2.75) is 52.4 Å². The highest BCUT2D eigenvalue weighted by atomic mass is 14.3. The Bertz CT molecular complexity index is 275. The lowest BCUT2D eigenvalue weighted by molar-refractivity contribution is 0.528. The quantitative estimate of drug-likeness (QED) is 0.579. The highest BCUT2D eigenvalue weighted by molar-refractivity contribution is 5.35. The van der Waals surface area contributed by atoms with Crippen LogP contribution in [0.3, 0.4) is 0 Å². The van der Waals surface area contributed by atoms with E-state index < -0.39 is 0 Å². The van der Waals surface area contributed by atoms with E-state index in [2.05, 4.69) is 53.7 Å². The van der Waals surface area contributed by atoms with Crippen LogP contribution in [-0.4, -0.2) is 0 Å². The Hall–Kier alpha value is -0.780. The van der Waals surface area contributed by atoms with Gasteiger partial charge in [-0.25, -0.2) is 0 Å². The molecule has 1 aromatic rings. The number of hydrogen-bond acceptors (Lipinski definition) is 0. The predicted octanol–water partition coefficient (Wildman–Crippen LogP) is 3.88. The Labute approximate surface area is 88.4 Å². The molecule has 0 aliphatic heterocycles. The van der Waals surface area contributed by atoms with Gasteiger partial charge in [-0.1, -0.05) is 53.7 Å². The maximum atomic E-state index is 3.35. The third-order valence-electron chi connectivity index (χ3n) is 2.29. The van der Waals surface area contributed by atoms with Crippen LogP contribution in [0.1, 0.15) is 52.7 Å². The first-order chi connectivity index (χ1) is 6.23. The molecule has 0 atom stereocenters. The Kier molecular flexibility index (Phi) is 2.76. The van der Waals surface area contributed by atoms with Gasteiger partial charge in [0.2, 0.25) is 0 Å². The van der Waals surface area contributed by atoms with Crippen LogP contribution >= 0.6 is 0 Å². The van der Waals surface area contributed by atoms with Crippen LogP contribution in [-0.2, 0) is 10.8 Å². The van der Waals surface area contributed by atoms with Crippen LogP contribution in [0.15, 0.2) is 12.1 Å². The SMILES string of the molecule is CC(C)(C)c1[c]cc[c]c1C(C)(C)C. The molecule has 0 saturated carbocycles. The van der Waals surface area contributed by atoms with E-state index in [0.717, 1.165) is 0 Å². The minimum atomic E-state index is 0.153. The first kappa shape index (κ1) is 11.3. The molecule has 0 aliphatic rings. The van der Waals surface area contributed by atoms with Crippen molar-refractivity contribution in [2.24, 2.45) is 0 Å². The topological polar surface area (TPSA) is 0 Å². The van der Waals surface area contributed by atoms with E-state index in [4.69, 9.17) is 0 Å². The molecule has 0 heteroatoms. The number of benzene rings is 1. The molecule has 0 unspecified atom stereocenters. The van der Waals surface area contributed by atoms with Gasteiger partial charge in [0, 0.05) is 0 Å². The maximum Gasteiger partial charge on any atom is -0.0123 e.